The summed E-state index contributed by atoms with van der Waals surface area (Å²) in [4.78, 5) is 30.9. The van der Waals surface area contributed by atoms with Gasteiger partial charge in [0.15, 0.2) is 11.4 Å². The molecule has 5 nitrogen and oxygen atoms in total. The number of Topliss-reactive ketones (excluding diaryl/α,β-unsaturated/α-hetero) is 1. The van der Waals surface area contributed by atoms with Crippen LogP contribution in [0.5, 0.6) is 0 Å². The fourth-order valence-electron chi connectivity index (χ4n) is 3.09. The summed E-state index contributed by atoms with van der Waals surface area (Å²) in [6, 6.07) is 10.3. The molecular weight excluding hydrogens is 304 g/mol. The Morgan fingerprint density at radius 3 is 2.62 bits per heavy atom. The molecule has 124 valence electrons. The molecule has 1 amide bonds. The maximum Gasteiger partial charge on any atom is 0.264 e. The number of pyridine rings is 1. The van der Waals surface area contributed by atoms with Gasteiger partial charge < -0.3 is 10.0 Å². The van der Waals surface area contributed by atoms with E-state index in [-0.39, 0.29) is 12.2 Å². The molecule has 0 saturated carbocycles. The molecule has 0 aliphatic carbocycles. The molecule has 0 radical (unpaired) electrons. The van der Waals surface area contributed by atoms with E-state index in [1.807, 2.05) is 19.1 Å². The van der Waals surface area contributed by atoms with Crippen LogP contribution in [0.25, 0.3) is 0 Å². The van der Waals surface area contributed by atoms with E-state index in [2.05, 4.69) is 4.98 Å². The third-order valence-electron chi connectivity index (χ3n) is 4.39. The lowest BCUT2D eigenvalue weighted by atomic mass is 9.88. The highest BCUT2D eigenvalue weighted by Gasteiger charge is 2.50. The topological polar surface area (TPSA) is 70.5 Å². The summed E-state index contributed by atoms with van der Waals surface area (Å²) in [5, 5.41) is 11.1. The van der Waals surface area contributed by atoms with Crippen molar-refractivity contribution in [2.75, 3.05) is 11.4 Å². The molecule has 5 heteroatoms. The van der Waals surface area contributed by atoms with E-state index in [4.69, 9.17) is 0 Å². The largest absolute Gasteiger partial charge is 0.375 e. The first-order valence-electron chi connectivity index (χ1n) is 8.15. The molecule has 0 bridgehead atoms. The maximum absolute atomic E-state index is 12.9. The predicted octanol–water partition coefficient (Wildman–Crippen LogP) is 2.69. The smallest absolute Gasteiger partial charge is 0.264 e. The van der Waals surface area contributed by atoms with Crippen molar-refractivity contribution in [3.63, 3.8) is 0 Å². The molecule has 1 aliphatic heterocycles. The van der Waals surface area contributed by atoms with E-state index in [0.717, 1.165) is 12.8 Å². The SMILES string of the molecule is CCCCN1C(=O)[C@](O)(CC(=O)c2ccncc2)c2ccccc21. The van der Waals surface area contributed by atoms with Crippen LogP contribution in [0.15, 0.2) is 48.8 Å². The quantitative estimate of drug-likeness (QED) is 0.829. The third kappa shape index (κ3) is 2.71. The number of para-hydroxylation sites is 1. The Morgan fingerprint density at radius 2 is 1.92 bits per heavy atom. The van der Waals surface area contributed by atoms with E-state index in [9.17, 15) is 14.7 Å². The van der Waals surface area contributed by atoms with Crippen molar-refractivity contribution in [2.45, 2.75) is 31.8 Å². The number of benzene rings is 1. The molecule has 1 atom stereocenters. The number of anilines is 1. The molecule has 2 heterocycles. The standard InChI is InChI=1S/C19H20N2O3/c1-2-3-12-21-16-7-5-4-6-15(16)19(24,18(21)23)13-17(22)14-8-10-20-11-9-14/h4-11,24H,2-3,12-13H2,1H3/t19-/m0/s1. The average molecular weight is 324 g/mol. The van der Waals surface area contributed by atoms with E-state index < -0.39 is 11.5 Å². The van der Waals surface area contributed by atoms with Crippen LogP contribution >= 0.6 is 0 Å². The molecule has 1 aromatic heterocycles. The summed E-state index contributed by atoms with van der Waals surface area (Å²) in [5.74, 6) is -0.694. The first-order valence-corrected chi connectivity index (χ1v) is 8.15. The lowest BCUT2D eigenvalue weighted by Crippen LogP contribution is -2.42. The molecule has 1 aromatic carbocycles. The number of nitrogens with zero attached hydrogens (tertiary/aromatic N) is 2. The number of amides is 1. The highest BCUT2D eigenvalue weighted by atomic mass is 16.3. The number of hydrogen-bond donors (Lipinski definition) is 1. The van der Waals surface area contributed by atoms with Gasteiger partial charge in [0.05, 0.1) is 12.1 Å². The van der Waals surface area contributed by atoms with Crippen molar-refractivity contribution < 1.29 is 14.7 Å². The van der Waals surface area contributed by atoms with Gasteiger partial charge >= 0.3 is 0 Å². The number of fused-ring (bicyclic) bond motifs is 1. The summed E-state index contributed by atoms with van der Waals surface area (Å²) < 4.78 is 0. The summed E-state index contributed by atoms with van der Waals surface area (Å²) in [7, 11) is 0. The van der Waals surface area contributed by atoms with Crippen LogP contribution < -0.4 is 4.90 Å². The van der Waals surface area contributed by atoms with E-state index in [1.54, 1.807) is 29.2 Å². The van der Waals surface area contributed by atoms with Gasteiger partial charge in [-0.3, -0.25) is 14.6 Å². The Hall–Kier alpha value is -2.53. The summed E-state index contributed by atoms with van der Waals surface area (Å²) in [5.41, 5.74) is -0.157. The van der Waals surface area contributed by atoms with Crippen molar-refractivity contribution in [2.24, 2.45) is 0 Å². The Kier molecular flexibility index (Phi) is 4.44. The second-order valence-electron chi connectivity index (χ2n) is 6.02. The molecule has 1 aliphatic rings. The van der Waals surface area contributed by atoms with Crippen LogP contribution in [0.2, 0.25) is 0 Å². The number of hydrogen-bond acceptors (Lipinski definition) is 4. The van der Waals surface area contributed by atoms with Crippen LogP contribution in [-0.2, 0) is 10.4 Å². The van der Waals surface area contributed by atoms with E-state index in [0.29, 0.717) is 23.4 Å². The molecule has 1 N–H and O–H groups in total. The van der Waals surface area contributed by atoms with Gasteiger partial charge in [-0.15, -0.1) is 0 Å². The summed E-state index contributed by atoms with van der Waals surface area (Å²) in [6.07, 6.45) is 4.56. The minimum atomic E-state index is -1.80. The lowest BCUT2D eigenvalue weighted by Gasteiger charge is -2.22. The number of unbranched alkanes of at least 4 members (excludes halogenated alkanes) is 1. The zero-order chi connectivity index (χ0) is 17.2. The number of aromatic nitrogens is 1. The Bertz CT molecular complexity index is 760. The molecule has 0 unspecified atom stereocenters. The third-order valence-corrected chi connectivity index (χ3v) is 4.39. The number of aliphatic hydroxyl groups is 1. The molecule has 0 fully saturated rings. The Balaban J connectivity index is 1.94. The first-order chi connectivity index (χ1) is 11.6. The van der Waals surface area contributed by atoms with Gasteiger partial charge in [0, 0.05) is 30.1 Å². The maximum atomic E-state index is 12.9. The number of ketones is 1. The van der Waals surface area contributed by atoms with Gasteiger partial charge in [0.25, 0.3) is 5.91 Å². The van der Waals surface area contributed by atoms with Crippen molar-refractivity contribution in [1.82, 2.24) is 4.98 Å². The Morgan fingerprint density at radius 1 is 1.21 bits per heavy atom. The van der Waals surface area contributed by atoms with Gasteiger partial charge in [-0.25, -0.2) is 0 Å². The molecule has 24 heavy (non-hydrogen) atoms. The van der Waals surface area contributed by atoms with Gasteiger partial charge in [-0.05, 0) is 24.6 Å². The number of carbonyl (C=O) groups is 2. The average Bonchev–Trinajstić information content (AvgIpc) is 2.82. The fourth-order valence-corrected chi connectivity index (χ4v) is 3.09. The van der Waals surface area contributed by atoms with E-state index in [1.165, 1.54) is 12.4 Å². The van der Waals surface area contributed by atoms with Crippen LogP contribution in [-0.4, -0.2) is 28.3 Å². The van der Waals surface area contributed by atoms with Crippen LogP contribution in [0.1, 0.15) is 42.1 Å². The summed E-state index contributed by atoms with van der Waals surface area (Å²) >= 11 is 0. The molecule has 3 rings (SSSR count). The highest BCUT2D eigenvalue weighted by Crippen LogP contribution is 2.42. The van der Waals surface area contributed by atoms with Crippen LogP contribution in [0.4, 0.5) is 5.69 Å². The highest BCUT2D eigenvalue weighted by molar-refractivity contribution is 6.10. The van der Waals surface area contributed by atoms with Crippen molar-refractivity contribution >= 4 is 17.4 Å². The van der Waals surface area contributed by atoms with Gasteiger partial charge in [0.2, 0.25) is 0 Å². The van der Waals surface area contributed by atoms with Gasteiger partial charge in [-0.1, -0.05) is 31.5 Å². The van der Waals surface area contributed by atoms with Crippen molar-refractivity contribution in [3.8, 4) is 0 Å². The molecule has 0 saturated heterocycles. The molecular formula is C19H20N2O3. The number of rotatable bonds is 6. The summed E-state index contributed by atoms with van der Waals surface area (Å²) in [6.45, 7) is 2.59. The van der Waals surface area contributed by atoms with Crippen LogP contribution in [0, 0.1) is 0 Å². The second-order valence-corrected chi connectivity index (χ2v) is 6.02. The van der Waals surface area contributed by atoms with Crippen molar-refractivity contribution in [3.05, 3.63) is 59.9 Å². The minimum Gasteiger partial charge on any atom is -0.375 e. The predicted molar refractivity (Wildman–Crippen MR) is 90.8 cm³/mol. The zero-order valence-electron chi connectivity index (χ0n) is 13.6. The van der Waals surface area contributed by atoms with E-state index >= 15 is 0 Å². The number of carbonyl (C=O) groups excluding carboxylic acids is 2. The monoisotopic (exact) mass is 324 g/mol. The Labute approximate surface area is 140 Å². The minimum absolute atomic E-state index is 0.268. The first kappa shape index (κ1) is 16.3. The second kappa shape index (κ2) is 6.53. The zero-order valence-corrected chi connectivity index (χ0v) is 13.6. The fraction of sp³-hybridized carbons (Fsp3) is 0.316. The van der Waals surface area contributed by atoms with Gasteiger partial charge in [0.1, 0.15) is 0 Å². The molecule has 2 aromatic rings. The normalized spacial score (nSPS) is 19.4. The van der Waals surface area contributed by atoms with Gasteiger partial charge in [-0.2, -0.15) is 0 Å². The lowest BCUT2D eigenvalue weighted by molar-refractivity contribution is -0.135. The van der Waals surface area contributed by atoms with Crippen LogP contribution in [0.3, 0.4) is 0 Å². The molecule has 0 spiro atoms. The van der Waals surface area contributed by atoms with Crippen molar-refractivity contribution in [1.29, 1.82) is 0 Å².